The molecule has 1 saturated heterocycles. The Labute approximate surface area is 298 Å². The molecule has 6 aromatic rings. The number of aromatic nitrogens is 4. The van der Waals surface area contributed by atoms with Crippen molar-refractivity contribution in [2.75, 3.05) is 19.0 Å². The first-order valence-electron chi connectivity index (χ1n) is 16.9. The van der Waals surface area contributed by atoms with Gasteiger partial charge in [0.25, 0.3) is 11.8 Å². The summed E-state index contributed by atoms with van der Waals surface area (Å²) in [5.41, 5.74) is 4.16. The number of nitrogens with one attached hydrogen (secondary N) is 1. The van der Waals surface area contributed by atoms with Gasteiger partial charge in [0.1, 0.15) is 17.7 Å². The summed E-state index contributed by atoms with van der Waals surface area (Å²) in [6, 6.07) is 10.8. The molecular weight excluding hydrogens is 697 g/mol. The van der Waals surface area contributed by atoms with Gasteiger partial charge in [0.05, 0.1) is 40.4 Å². The van der Waals surface area contributed by atoms with Crippen molar-refractivity contribution < 1.29 is 31.5 Å². The number of halogens is 4. The summed E-state index contributed by atoms with van der Waals surface area (Å²) >= 11 is 1.30. The fourth-order valence-electron chi connectivity index (χ4n) is 7.88. The fraction of sp³-hybridized carbons (Fsp3) is 0.289. The molecule has 52 heavy (non-hydrogen) atoms. The van der Waals surface area contributed by atoms with Crippen molar-refractivity contribution in [1.29, 1.82) is 0 Å². The van der Waals surface area contributed by atoms with Crippen molar-refractivity contribution in [2.24, 2.45) is 0 Å². The topological polar surface area (TPSA) is 106 Å². The Kier molecular flexibility index (Phi) is 7.58. The van der Waals surface area contributed by atoms with Crippen LogP contribution < -0.4 is 10.1 Å². The number of anilines is 1. The van der Waals surface area contributed by atoms with Crippen LogP contribution in [-0.4, -0.2) is 50.5 Å². The summed E-state index contributed by atoms with van der Waals surface area (Å²) < 4.78 is 71.3. The first-order chi connectivity index (χ1) is 25.1. The van der Waals surface area contributed by atoms with E-state index in [-0.39, 0.29) is 46.4 Å². The van der Waals surface area contributed by atoms with Crippen molar-refractivity contribution in [3.63, 3.8) is 0 Å². The maximum absolute atomic E-state index is 15.7. The van der Waals surface area contributed by atoms with E-state index in [1.165, 1.54) is 42.8 Å². The average Bonchev–Trinajstić information content (AvgIpc) is 3.95. The molecule has 2 aliphatic heterocycles. The van der Waals surface area contributed by atoms with Crippen LogP contribution in [0.4, 0.5) is 23.4 Å². The summed E-state index contributed by atoms with van der Waals surface area (Å²) in [5, 5.41) is 12.2. The number of rotatable bonds is 8. The van der Waals surface area contributed by atoms with Crippen molar-refractivity contribution >= 4 is 33.1 Å². The fourth-order valence-corrected chi connectivity index (χ4v) is 9.05. The molecule has 1 aliphatic carbocycles. The quantitative estimate of drug-likeness (QED) is 0.156. The van der Waals surface area contributed by atoms with Gasteiger partial charge in [-0.3, -0.25) is 9.78 Å². The predicted molar refractivity (Wildman–Crippen MR) is 186 cm³/mol. The third kappa shape index (κ3) is 5.13. The van der Waals surface area contributed by atoms with Crippen LogP contribution in [0.5, 0.6) is 5.75 Å². The monoisotopic (exact) mass is 726 g/mol. The Hall–Kier alpha value is -5.37. The maximum atomic E-state index is 15.7. The minimum atomic E-state index is -3.26. The molecule has 0 bridgehead atoms. The molecule has 264 valence electrons. The smallest absolute Gasteiger partial charge is 0.276 e. The molecule has 1 N–H and O–H groups in total. The van der Waals surface area contributed by atoms with E-state index in [0.717, 1.165) is 24.5 Å². The van der Waals surface area contributed by atoms with Gasteiger partial charge in [0, 0.05) is 42.1 Å². The first-order valence-corrected chi connectivity index (χ1v) is 17.7. The molecule has 0 unspecified atom stereocenters. The Morgan fingerprint density at radius 1 is 1.06 bits per heavy atom. The molecule has 3 aliphatic rings. The van der Waals surface area contributed by atoms with Gasteiger partial charge < -0.3 is 19.4 Å². The molecule has 1 amide bonds. The molecule has 2 aromatic carbocycles. The van der Waals surface area contributed by atoms with E-state index in [1.54, 1.807) is 25.1 Å². The summed E-state index contributed by atoms with van der Waals surface area (Å²) in [4.78, 5) is 26.4. The largest absolute Gasteiger partial charge is 0.493 e. The van der Waals surface area contributed by atoms with Gasteiger partial charge in [0.15, 0.2) is 11.6 Å². The van der Waals surface area contributed by atoms with Crippen LogP contribution in [0.3, 0.4) is 0 Å². The number of aryl methyl sites for hydroxylation is 3. The maximum Gasteiger partial charge on any atom is 0.276 e. The van der Waals surface area contributed by atoms with Crippen LogP contribution in [0.25, 0.3) is 32.0 Å². The number of thiophene rings is 1. The van der Waals surface area contributed by atoms with E-state index in [2.05, 4.69) is 20.5 Å². The van der Waals surface area contributed by atoms with E-state index in [1.807, 2.05) is 11.0 Å². The lowest BCUT2D eigenvalue weighted by Gasteiger charge is -2.22. The number of nitrogens with zero attached hydrogens (tertiary/aromatic N) is 5. The number of benzene rings is 2. The number of alkyl halides is 2. The number of amides is 1. The average molecular weight is 727 g/mol. The summed E-state index contributed by atoms with van der Waals surface area (Å²) in [7, 11) is 1.26. The number of fused-ring (bicyclic) bond motifs is 5. The number of carbonyl (C=O) groups excluding carboxylic acids is 1. The van der Waals surface area contributed by atoms with Gasteiger partial charge in [0.2, 0.25) is 11.8 Å². The summed E-state index contributed by atoms with van der Waals surface area (Å²) in [5.74, 6) is -3.87. The van der Waals surface area contributed by atoms with Crippen LogP contribution in [-0.2, 0) is 19.3 Å². The highest BCUT2D eigenvalue weighted by molar-refractivity contribution is 7.23. The number of hydrogen-bond donors (Lipinski definition) is 1. The second-order valence-corrected chi connectivity index (χ2v) is 14.4. The lowest BCUT2D eigenvalue weighted by Crippen LogP contribution is -2.28. The van der Waals surface area contributed by atoms with Gasteiger partial charge in [-0.25, -0.2) is 22.5 Å². The summed E-state index contributed by atoms with van der Waals surface area (Å²) in [6.45, 7) is 2.29. The standard InChI is InChI=1S/C38H30F4N6O3S/c1-18-46-47-36(51-18)28-25(12-7-19-5-8-21(39)9-6-19)44-31-26-4-3-15-48(26)37(49)30(31)29(28)27-16-20-13-14-43-35(33(20)52-27)45-34-22-10-11-24(40)32(50-2)23(22)17-38(34,41)42/h5-6,8-11,13-14,16,26,34H,3-4,7,12,15,17H2,1-2H3,(H,43,45)/t26-,34-/m1/s1. The molecular formula is C38H30F4N6O3S. The van der Waals surface area contributed by atoms with Gasteiger partial charge in [-0.15, -0.1) is 21.5 Å². The van der Waals surface area contributed by atoms with E-state index < -0.39 is 24.2 Å². The zero-order valence-corrected chi connectivity index (χ0v) is 28.8. The van der Waals surface area contributed by atoms with Crippen LogP contribution >= 0.6 is 11.3 Å². The number of methoxy groups -OCH3 is 1. The van der Waals surface area contributed by atoms with E-state index >= 15 is 8.78 Å². The lowest BCUT2D eigenvalue weighted by molar-refractivity contribution is -0.00736. The predicted octanol–water partition coefficient (Wildman–Crippen LogP) is 8.42. The molecule has 6 heterocycles. The van der Waals surface area contributed by atoms with Crippen LogP contribution in [0.1, 0.15) is 69.3 Å². The molecule has 4 aromatic heterocycles. The van der Waals surface area contributed by atoms with Crippen molar-refractivity contribution in [2.45, 2.75) is 57.0 Å². The molecule has 0 radical (unpaired) electrons. The highest BCUT2D eigenvalue weighted by Gasteiger charge is 2.50. The Morgan fingerprint density at radius 2 is 1.88 bits per heavy atom. The van der Waals surface area contributed by atoms with Gasteiger partial charge in [-0.1, -0.05) is 18.2 Å². The third-order valence-electron chi connectivity index (χ3n) is 10.2. The third-order valence-corrected chi connectivity index (χ3v) is 11.4. The zero-order valence-electron chi connectivity index (χ0n) is 28.0. The van der Waals surface area contributed by atoms with Crippen molar-refractivity contribution in [1.82, 2.24) is 25.1 Å². The molecule has 2 atom stereocenters. The molecule has 0 saturated carbocycles. The zero-order chi connectivity index (χ0) is 35.9. The summed E-state index contributed by atoms with van der Waals surface area (Å²) in [6.07, 6.45) is 3.45. The molecule has 1 fully saturated rings. The van der Waals surface area contributed by atoms with Gasteiger partial charge in [-0.2, -0.15) is 0 Å². The lowest BCUT2D eigenvalue weighted by atomic mass is 9.93. The number of carbonyl (C=O) groups is 1. The second kappa shape index (κ2) is 12.1. The minimum Gasteiger partial charge on any atom is -0.493 e. The molecule has 0 spiro atoms. The molecule has 9 rings (SSSR count). The van der Waals surface area contributed by atoms with Crippen molar-refractivity contribution in [3.8, 4) is 27.6 Å². The SMILES string of the molecule is COc1c(F)ccc2c1CC(F)(F)[C@@H]2Nc1nccc2cc(-c3c4c(nc(CCc5ccc(F)cc5)c3-c3nnc(C)o3)[C@H]3CCCN3C4=O)sc12. The second-order valence-electron chi connectivity index (χ2n) is 13.3. The minimum absolute atomic E-state index is 0.114. The van der Waals surface area contributed by atoms with Crippen LogP contribution in [0.15, 0.2) is 59.1 Å². The van der Waals surface area contributed by atoms with Crippen molar-refractivity contribution in [3.05, 3.63) is 106 Å². The number of hydrogen-bond acceptors (Lipinski definition) is 9. The van der Waals surface area contributed by atoms with E-state index in [4.69, 9.17) is 14.1 Å². The van der Waals surface area contributed by atoms with Crippen LogP contribution in [0, 0.1) is 18.6 Å². The highest BCUT2D eigenvalue weighted by Crippen LogP contribution is 2.52. The van der Waals surface area contributed by atoms with E-state index in [0.29, 0.717) is 68.3 Å². The highest BCUT2D eigenvalue weighted by atomic mass is 32.1. The van der Waals surface area contributed by atoms with Gasteiger partial charge in [-0.05, 0) is 72.5 Å². The molecule has 9 nitrogen and oxygen atoms in total. The Balaban J connectivity index is 1.21. The van der Waals surface area contributed by atoms with E-state index in [9.17, 15) is 13.6 Å². The number of ether oxygens (including phenoxy) is 1. The van der Waals surface area contributed by atoms with Gasteiger partial charge >= 0.3 is 0 Å². The Morgan fingerprint density at radius 3 is 2.65 bits per heavy atom. The number of pyridine rings is 2. The Bertz CT molecular complexity index is 2410. The van der Waals surface area contributed by atoms with Crippen LogP contribution in [0.2, 0.25) is 0 Å². The molecule has 14 heteroatoms. The first kappa shape index (κ1) is 32.5. The normalized spacial score (nSPS) is 18.6.